The molecule has 1 aromatic carbocycles. The number of rotatable bonds is 4. The Morgan fingerprint density at radius 1 is 1.28 bits per heavy atom. The number of benzene rings is 1. The number of hydrogen-bond acceptors (Lipinski definition) is 1. The van der Waals surface area contributed by atoms with Gasteiger partial charge in [-0.1, -0.05) is 67.0 Å². The van der Waals surface area contributed by atoms with E-state index in [4.69, 9.17) is 0 Å². The standard InChI is InChI=1S/C15H22BrNO/c1-11(10-12-8-6-5-7-9-12)17-14(18)13(16)15(2,3)4/h5-9,11,13H,10H2,1-4H3,(H,17,18). The number of nitrogens with one attached hydrogen (secondary N) is 1. The van der Waals surface area contributed by atoms with Crippen molar-refractivity contribution in [2.45, 2.75) is 45.0 Å². The van der Waals surface area contributed by atoms with E-state index in [1.54, 1.807) is 0 Å². The Bertz CT molecular complexity index is 383. The molecule has 1 aromatic rings. The molecule has 100 valence electrons. The van der Waals surface area contributed by atoms with Crippen LogP contribution in [0.2, 0.25) is 0 Å². The lowest BCUT2D eigenvalue weighted by atomic mass is 9.91. The first-order valence-electron chi connectivity index (χ1n) is 6.29. The summed E-state index contributed by atoms with van der Waals surface area (Å²) < 4.78 is 0. The van der Waals surface area contributed by atoms with Gasteiger partial charge in [-0.15, -0.1) is 0 Å². The van der Waals surface area contributed by atoms with E-state index in [2.05, 4.69) is 33.4 Å². The van der Waals surface area contributed by atoms with Crippen LogP contribution in [-0.4, -0.2) is 16.8 Å². The minimum atomic E-state index is -0.164. The number of alkyl halides is 1. The summed E-state index contributed by atoms with van der Waals surface area (Å²) in [4.78, 5) is 11.9. The van der Waals surface area contributed by atoms with Gasteiger partial charge in [-0.3, -0.25) is 4.79 Å². The topological polar surface area (TPSA) is 29.1 Å². The average molecular weight is 312 g/mol. The molecule has 18 heavy (non-hydrogen) atoms. The van der Waals surface area contributed by atoms with Crippen LogP contribution < -0.4 is 5.32 Å². The number of carbonyl (C=O) groups is 1. The van der Waals surface area contributed by atoms with E-state index < -0.39 is 0 Å². The molecule has 1 rings (SSSR count). The Labute approximate surface area is 118 Å². The van der Waals surface area contributed by atoms with Crippen molar-refractivity contribution in [3.8, 4) is 0 Å². The molecule has 2 atom stereocenters. The lowest BCUT2D eigenvalue weighted by Crippen LogP contribution is -2.43. The zero-order chi connectivity index (χ0) is 13.8. The Balaban J connectivity index is 2.50. The molecule has 0 aromatic heterocycles. The van der Waals surface area contributed by atoms with Gasteiger partial charge in [0.25, 0.3) is 0 Å². The molecular formula is C15H22BrNO. The lowest BCUT2D eigenvalue weighted by molar-refractivity contribution is -0.122. The number of carbonyl (C=O) groups excluding carboxylic acids is 1. The summed E-state index contributed by atoms with van der Waals surface area (Å²) in [6.07, 6.45) is 0.858. The van der Waals surface area contributed by atoms with Crippen molar-refractivity contribution in [2.24, 2.45) is 5.41 Å². The smallest absolute Gasteiger partial charge is 0.234 e. The van der Waals surface area contributed by atoms with E-state index in [9.17, 15) is 4.79 Å². The highest BCUT2D eigenvalue weighted by Crippen LogP contribution is 2.26. The van der Waals surface area contributed by atoms with Gasteiger partial charge in [0.15, 0.2) is 0 Å². The highest BCUT2D eigenvalue weighted by atomic mass is 79.9. The van der Waals surface area contributed by atoms with E-state index in [-0.39, 0.29) is 22.2 Å². The van der Waals surface area contributed by atoms with Gasteiger partial charge in [-0.2, -0.15) is 0 Å². The number of hydrogen-bond donors (Lipinski definition) is 1. The van der Waals surface area contributed by atoms with Gasteiger partial charge in [0.1, 0.15) is 0 Å². The van der Waals surface area contributed by atoms with Crippen LogP contribution in [0, 0.1) is 5.41 Å². The van der Waals surface area contributed by atoms with Gasteiger partial charge in [0.2, 0.25) is 5.91 Å². The zero-order valence-electron chi connectivity index (χ0n) is 11.5. The van der Waals surface area contributed by atoms with Crippen LogP contribution in [0.1, 0.15) is 33.3 Å². The molecule has 0 aliphatic carbocycles. The van der Waals surface area contributed by atoms with Crippen LogP contribution in [0.4, 0.5) is 0 Å². The maximum Gasteiger partial charge on any atom is 0.234 e. The third-order valence-corrected chi connectivity index (χ3v) is 4.55. The second-order valence-corrected chi connectivity index (χ2v) is 6.74. The molecule has 0 heterocycles. The number of halogens is 1. The molecule has 0 saturated heterocycles. The molecule has 0 radical (unpaired) electrons. The molecule has 2 unspecified atom stereocenters. The van der Waals surface area contributed by atoms with Gasteiger partial charge < -0.3 is 5.32 Å². The maximum atomic E-state index is 12.0. The average Bonchev–Trinajstić information content (AvgIpc) is 2.27. The van der Waals surface area contributed by atoms with Crippen LogP contribution in [0.5, 0.6) is 0 Å². The monoisotopic (exact) mass is 311 g/mol. The predicted molar refractivity (Wildman–Crippen MR) is 79.9 cm³/mol. The third kappa shape index (κ3) is 4.81. The molecule has 1 N–H and O–H groups in total. The normalized spacial score (nSPS) is 14.9. The first-order chi connectivity index (χ1) is 8.30. The van der Waals surface area contributed by atoms with Gasteiger partial charge in [0, 0.05) is 6.04 Å². The van der Waals surface area contributed by atoms with Crippen molar-refractivity contribution in [3.63, 3.8) is 0 Å². The van der Waals surface area contributed by atoms with E-state index in [0.29, 0.717) is 0 Å². The van der Waals surface area contributed by atoms with Crippen LogP contribution in [0.15, 0.2) is 30.3 Å². The van der Waals surface area contributed by atoms with E-state index in [1.807, 2.05) is 45.9 Å². The van der Waals surface area contributed by atoms with Crippen LogP contribution >= 0.6 is 15.9 Å². The fraction of sp³-hybridized carbons (Fsp3) is 0.533. The summed E-state index contributed by atoms with van der Waals surface area (Å²) in [5.74, 6) is 0.0610. The van der Waals surface area contributed by atoms with E-state index >= 15 is 0 Å². The Morgan fingerprint density at radius 3 is 2.33 bits per heavy atom. The first-order valence-corrected chi connectivity index (χ1v) is 7.20. The van der Waals surface area contributed by atoms with Crippen molar-refractivity contribution < 1.29 is 4.79 Å². The minimum Gasteiger partial charge on any atom is -0.352 e. The molecular weight excluding hydrogens is 290 g/mol. The highest BCUT2D eigenvalue weighted by molar-refractivity contribution is 9.10. The minimum absolute atomic E-state index is 0.0610. The second-order valence-electron chi connectivity index (χ2n) is 5.83. The fourth-order valence-corrected chi connectivity index (χ4v) is 1.86. The van der Waals surface area contributed by atoms with Crippen molar-refractivity contribution in [2.75, 3.05) is 0 Å². The molecule has 0 bridgehead atoms. The first kappa shape index (κ1) is 15.2. The molecule has 0 saturated carbocycles. The predicted octanol–water partition coefficient (Wildman–Crippen LogP) is 3.54. The fourth-order valence-electron chi connectivity index (χ4n) is 1.73. The lowest BCUT2D eigenvalue weighted by Gasteiger charge is -2.26. The largest absolute Gasteiger partial charge is 0.352 e. The molecule has 0 aliphatic heterocycles. The van der Waals surface area contributed by atoms with Crippen molar-refractivity contribution >= 4 is 21.8 Å². The maximum absolute atomic E-state index is 12.0. The van der Waals surface area contributed by atoms with Crippen molar-refractivity contribution in [1.82, 2.24) is 5.32 Å². The summed E-state index contributed by atoms with van der Waals surface area (Å²) in [7, 11) is 0. The van der Waals surface area contributed by atoms with E-state index in [1.165, 1.54) is 5.56 Å². The Hall–Kier alpha value is -0.830. The summed E-state index contributed by atoms with van der Waals surface area (Å²) in [6, 6.07) is 10.3. The third-order valence-electron chi connectivity index (χ3n) is 2.76. The summed E-state index contributed by atoms with van der Waals surface area (Å²) in [5.41, 5.74) is 1.17. The van der Waals surface area contributed by atoms with Gasteiger partial charge in [0.05, 0.1) is 4.83 Å². The van der Waals surface area contributed by atoms with Gasteiger partial charge in [-0.25, -0.2) is 0 Å². The van der Waals surface area contributed by atoms with Crippen molar-refractivity contribution in [1.29, 1.82) is 0 Å². The van der Waals surface area contributed by atoms with Crippen molar-refractivity contribution in [3.05, 3.63) is 35.9 Å². The highest BCUT2D eigenvalue weighted by Gasteiger charge is 2.29. The SMILES string of the molecule is CC(Cc1ccccc1)NC(=O)C(Br)C(C)(C)C. The second kappa shape index (κ2) is 6.37. The summed E-state index contributed by atoms with van der Waals surface area (Å²) >= 11 is 3.47. The molecule has 0 aliphatic rings. The number of amides is 1. The molecule has 0 fully saturated rings. The van der Waals surface area contributed by atoms with Gasteiger partial charge >= 0.3 is 0 Å². The van der Waals surface area contributed by atoms with E-state index in [0.717, 1.165) is 6.42 Å². The molecule has 3 heteroatoms. The molecule has 2 nitrogen and oxygen atoms in total. The summed E-state index contributed by atoms with van der Waals surface area (Å²) in [6.45, 7) is 8.18. The van der Waals surface area contributed by atoms with Gasteiger partial charge in [-0.05, 0) is 24.3 Å². The molecule has 0 spiro atoms. The van der Waals surface area contributed by atoms with Crippen LogP contribution in [-0.2, 0) is 11.2 Å². The zero-order valence-corrected chi connectivity index (χ0v) is 13.1. The Kier molecular flexibility index (Phi) is 5.39. The quantitative estimate of drug-likeness (QED) is 0.847. The molecule has 1 amide bonds. The van der Waals surface area contributed by atoms with Crippen LogP contribution in [0.3, 0.4) is 0 Å². The Morgan fingerprint density at radius 2 is 1.83 bits per heavy atom. The van der Waals surface area contributed by atoms with Crippen LogP contribution in [0.25, 0.3) is 0 Å². The summed E-state index contributed by atoms with van der Waals surface area (Å²) in [5, 5.41) is 3.05.